The van der Waals surface area contributed by atoms with Gasteiger partial charge in [0.15, 0.2) is 0 Å². The van der Waals surface area contributed by atoms with Crippen molar-refractivity contribution in [2.75, 3.05) is 6.54 Å². The number of fused-ring (bicyclic) bond motifs is 1. The Kier molecular flexibility index (Phi) is 4.62. The molecule has 6 heteroatoms. The van der Waals surface area contributed by atoms with E-state index in [1.807, 2.05) is 30.3 Å². The van der Waals surface area contributed by atoms with Crippen LogP contribution in [0.5, 0.6) is 0 Å². The zero-order chi connectivity index (χ0) is 19.0. The first kappa shape index (κ1) is 17.6. The van der Waals surface area contributed by atoms with Crippen LogP contribution in [0.1, 0.15) is 17.5 Å². The van der Waals surface area contributed by atoms with Crippen LogP contribution in [0.2, 0.25) is 5.02 Å². The predicted molar refractivity (Wildman–Crippen MR) is 106 cm³/mol. The molecule has 0 spiro atoms. The molecule has 0 radical (unpaired) electrons. The molecule has 2 aromatic carbocycles. The quantitative estimate of drug-likeness (QED) is 0.646. The molecule has 138 valence electrons. The van der Waals surface area contributed by atoms with Crippen molar-refractivity contribution in [2.24, 2.45) is 5.92 Å². The van der Waals surface area contributed by atoms with Gasteiger partial charge in [0.05, 0.1) is 11.4 Å². The third-order valence-corrected chi connectivity index (χ3v) is 5.30. The Morgan fingerprint density at radius 1 is 1.26 bits per heavy atom. The number of carbonyl (C=O) groups is 2. The third-order valence-electron chi connectivity index (χ3n) is 5.08. The monoisotopic (exact) mass is 381 g/mol. The van der Waals surface area contributed by atoms with Crippen LogP contribution >= 0.6 is 11.6 Å². The predicted octanol–water partition coefficient (Wildman–Crippen LogP) is 3.55. The first-order valence-corrected chi connectivity index (χ1v) is 9.31. The van der Waals surface area contributed by atoms with Crippen LogP contribution in [0, 0.1) is 12.8 Å². The maximum atomic E-state index is 12.3. The molecule has 0 aliphatic carbocycles. The van der Waals surface area contributed by atoms with Crippen molar-refractivity contribution < 1.29 is 9.59 Å². The molecule has 1 aliphatic rings. The van der Waals surface area contributed by atoms with E-state index in [9.17, 15) is 9.59 Å². The van der Waals surface area contributed by atoms with Crippen molar-refractivity contribution in [3.8, 4) is 11.3 Å². The molecule has 27 heavy (non-hydrogen) atoms. The highest BCUT2D eigenvalue weighted by Crippen LogP contribution is 2.33. The average Bonchev–Trinajstić information content (AvgIpc) is 3.24. The molecule has 4 rings (SSSR count). The van der Waals surface area contributed by atoms with Gasteiger partial charge in [0.1, 0.15) is 0 Å². The van der Waals surface area contributed by atoms with Gasteiger partial charge in [-0.2, -0.15) is 0 Å². The molecule has 0 saturated carbocycles. The van der Waals surface area contributed by atoms with Crippen LogP contribution in [0.4, 0.5) is 0 Å². The minimum Gasteiger partial charge on any atom is -0.355 e. The lowest BCUT2D eigenvalue weighted by molar-refractivity contribution is -0.126. The second-order valence-corrected chi connectivity index (χ2v) is 7.34. The summed E-state index contributed by atoms with van der Waals surface area (Å²) < 4.78 is 0. The lowest BCUT2D eigenvalue weighted by Crippen LogP contribution is -2.31. The van der Waals surface area contributed by atoms with Crippen LogP contribution in [0.3, 0.4) is 0 Å². The molecular formula is C21H20ClN3O2. The van der Waals surface area contributed by atoms with Gasteiger partial charge in [-0.25, -0.2) is 0 Å². The molecule has 1 saturated heterocycles. The van der Waals surface area contributed by atoms with E-state index in [4.69, 9.17) is 11.6 Å². The van der Waals surface area contributed by atoms with Crippen LogP contribution in [0.15, 0.2) is 42.5 Å². The summed E-state index contributed by atoms with van der Waals surface area (Å²) in [4.78, 5) is 27.1. The molecule has 2 amide bonds. The number of hydrogen-bond donors (Lipinski definition) is 3. The second-order valence-electron chi connectivity index (χ2n) is 6.90. The summed E-state index contributed by atoms with van der Waals surface area (Å²) in [6.45, 7) is 2.82. The van der Waals surface area contributed by atoms with Crippen molar-refractivity contribution in [1.82, 2.24) is 15.6 Å². The average molecular weight is 382 g/mol. The molecule has 5 nitrogen and oxygen atoms in total. The number of aryl methyl sites for hydroxylation is 1. The van der Waals surface area contributed by atoms with Crippen LogP contribution in [-0.4, -0.2) is 23.3 Å². The molecular weight excluding hydrogens is 362 g/mol. The zero-order valence-electron chi connectivity index (χ0n) is 14.9. The molecule has 1 aliphatic heterocycles. The summed E-state index contributed by atoms with van der Waals surface area (Å²) in [5.74, 6) is -0.502. The topological polar surface area (TPSA) is 74.0 Å². The van der Waals surface area contributed by atoms with Crippen molar-refractivity contribution >= 4 is 34.3 Å². The lowest BCUT2D eigenvalue weighted by Gasteiger charge is -2.10. The van der Waals surface area contributed by atoms with E-state index in [1.54, 1.807) is 0 Å². The normalized spacial score (nSPS) is 16.5. The molecule has 2 heterocycles. The number of carbonyl (C=O) groups excluding carboxylic acids is 2. The Labute approximate surface area is 162 Å². The number of H-pyrrole nitrogens is 1. The minimum atomic E-state index is -0.308. The molecule has 1 aromatic heterocycles. The fourth-order valence-corrected chi connectivity index (χ4v) is 3.85. The van der Waals surface area contributed by atoms with E-state index in [-0.39, 0.29) is 24.2 Å². The van der Waals surface area contributed by atoms with E-state index >= 15 is 0 Å². The number of rotatable bonds is 4. The van der Waals surface area contributed by atoms with Gasteiger partial charge in [-0.3, -0.25) is 9.59 Å². The van der Waals surface area contributed by atoms with E-state index in [2.05, 4.69) is 34.7 Å². The van der Waals surface area contributed by atoms with Gasteiger partial charge < -0.3 is 15.6 Å². The lowest BCUT2D eigenvalue weighted by atomic mass is 10.0. The van der Waals surface area contributed by atoms with E-state index in [0.29, 0.717) is 18.1 Å². The highest BCUT2D eigenvalue weighted by atomic mass is 35.5. The number of aromatic amines is 1. The molecule has 3 N–H and O–H groups in total. The first-order valence-electron chi connectivity index (χ1n) is 8.93. The van der Waals surface area contributed by atoms with Crippen LogP contribution in [-0.2, 0) is 16.1 Å². The van der Waals surface area contributed by atoms with E-state index in [0.717, 1.165) is 33.3 Å². The van der Waals surface area contributed by atoms with Crippen molar-refractivity contribution in [3.05, 3.63) is 58.6 Å². The Bertz CT molecular complexity index is 1030. The summed E-state index contributed by atoms with van der Waals surface area (Å²) in [6.07, 6.45) is 0.247. The fourth-order valence-electron chi connectivity index (χ4n) is 3.61. The summed E-state index contributed by atoms with van der Waals surface area (Å²) in [6, 6.07) is 13.9. The Balaban J connectivity index is 1.64. The van der Waals surface area contributed by atoms with Gasteiger partial charge >= 0.3 is 0 Å². The SMILES string of the molecule is Cc1c(-c2ccccc2)[nH]c2c(CNC(=O)C3CNC(=O)C3)cc(Cl)cc12. The summed E-state index contributed by atoms with van der Waals surface area (Å²) in [5, 5.41) is 7.30. The number of halogens is 1. The Morgan fingerprint density at radius 3 is 2.74 bits per heavy atom. The van der Waals surface area contributed by atoms with Crippen LogP contribution in [0.25, 0.3) is 22.2 Å². The summed E-state index contributed by atoms with van der Waals surface area (Å²) in [5.41, 5.74) is 5.17. The first-order chi connectivity index (χ1) is 13.0. The molecule has 1 atom stereocenters. The zero-order valence-corrected chi connectivity index (χ0v) is 15.7. The standard InChI is InChI=1S/C21H20ClN3O2/c1-12-17-9-16(22)7-14(10-24-21(27)15-8-18(26)23-11-15)20(17)25-19(12)13-5-3-2-4-6-13/h2-7,9,15,25H,8,10-11H2,1H3,(H,23,26)(H,24,27). The van der Waals surface area contributed by atoms with Gasteiger partial charge in [-0.15, -0.1) is 0 Å². The van der Waals surface area contributed by atoms with Crippen molar-refractivity contribution in [2.45, 2.75) is 19.9 Å². The van der Waals surface area contributed by atoms with Gasteiger partial charge in [0.25, 0.3) is 0 Å². The number of amides is 2. The largest absolute Gasteiger partial charge is 0.355 e. The van der Waals surface area contributed by atoms with E-state index < -0.39 is 0 Å². The van der Waals surface area contributed by atoms with Crippen molar-refractivity contribution in [1.29, 1.82) is 0 Å². The van der Waals surface area contributed by atoms with Gasteiger partial charge in [0.2, 0.25) is 11.8 Å². The Morgan fingerprint density at radius 2 is 2.04 bits per heavy atom. The minimum absolute atomic E-state index is 0.0761. The Hall–Kier alpha value is -2.79. The van der Waals surface area contributed by atoms with Crippen LogP contribution < -0.4 is 10.6 Å². The summed E-state index contributed by atoms with van der Waals surface area (Å²) in [7, 11) is 0. The number of nitrogens with one attached hydrogen (secondary N) is 3. The third kappa shape index (κ3) is 3.43. The summed E-state index contributed by atoms with van der Waals surface area (Å²) >= 11 is 6.33. The van der Waals surface area contributed by atoms with Gasteiger partial charge in [0, 0.05) is 35.6 Å². The molecule has 1 fully saturated rings. The second kappa shape index (κ2) is 7.08. The molecule has 1 unspecified atom stereocenters. The maximum absolute atomic E-state index is 12.3. The number of hydrogen-bond acceptors (Lipinski definition) is 2. The smallest absolute Gasteiger partial charge is 0.225 e. The number of aromatic nitrogens is 1. The fraction of sp³-hybridized carbons (Fsp3) is 0.238. The van der Waals surface area contributed by atoms with Gasteiger partial charge in [-0.1, -0.05) is 41.9 Å². The van der Waals surface area contributed by atoms with E-state index in [1.165, 1.54) is 0 Å². The highest BCUT2D eigenvalue weighted by molar-refractivity contribution is 6.31. The molecule has 0 bridgehead atoms. The van der Waals surface area contributed by atoms with Gasteiger partial charge in [-0.05, 0) is 35.7 Å². The molecule has 3 aromatic rings. The van der Waals surface area contributed by atoms with Crippen molar-refractivity contribution in [3.63, 3.8) is 0 Å². The highest BCUT2D eigenvalue weighted by Gasteiger charge is 2.27. The number of benzene rings is 2. The maximum Gasteiger partial charge on any atom is 0.225 e.